The second-order valence-electron chi connectivity index (χ2n) is 9.21. The van der Waals surface area contributed by atoms with Gasteiger partial charge in [-0.25, -0.2) is 4.98 Å². The number of nitrogens with zero attached hydrogens (tertiary/aromatic N) is 3. The number of aromatic amines is 1. The molecule has 0 bridgehead atoms. The van der Waals surface area contributed by atoms with Gasteiger partial charge in [0, 0.05) is 35.4 Å². The second-order valence-corrected chi connectivity index (χ2v) is 9.21. The predicted molar refractivity (Wildman–Crippen MR) is 139 cm³/mol. The van der Waals surface area contributed by atoms with Crippen LogP contribution >= 0.6 is 0 Å². The third-order valence-electron chi connectivity index (χ3n) is 7.00. The van der Waals surface area contributed by atoms with Gasteiger partial charge in [-0.15, -0.1) is 0 Å². The molecule has 2 aliphatic heterocycles. The number of carbonyl (C=O) groups is 2. The van der Waals surface area contributed by atoms with E-state index >= 15 is 0 Å². The number of hydrogen-bond acceptors (Lipinski definition) is 5. The molecule has 9 heteroatoms. The molecule has 2 aromatic heterocycles. The van der Waals surface area contributed by atoms with Crippen molar-refractivity contribution in [2.45, 2.75) is 18.9 Å². The van der Waals surface area contributed by atoms with Crippen LogP contribution in [0, 0.1) is 0 Å². The van der Waals surface area contributed by atoms with Crippen LogP contribution < -0.4 is 19.7 Å². The number of H-pyrrole nitrogens is 1. The highest BCUT2D eigenvalue weighted by Crippen LogP contribution is 2.38. The summed E-state index contributed by atoms with van der Waals surface area (Å²) in [5.41, 5.74) is 4.42. The molecule has 0 radical (unpaired) electrons. The fraction of sp³-hybridized carbons (Fsp3) is 0.179. The molecule has 1 unspecified atom stereocenters. The zero-order valence-corrected chi connectivity index (χ0v) is 19.8. The molecule has 2 amide bonds. The Bertz CT molecular complexity index is 1690. The van der Waals surface area contributed by atoms with Gasteiger partial charge in [0.05, 0.1) is 17.5 Å². The number of imidazole rings is 1. The van der Waals surface area contributed by atoms with Crippen LogP contribution in [0.25, 0.3) is 21.9 Å². The fourth-order valence-electron chi connectivity index (χ4n) is 5.24. The lowest BCUT2D eigenvalue weighted by Gasteiger charge is -2.16. The molecular weight excluding hydrogens is 470 g/mol. The number of fused-ring (bicyclic) bond motifs is 5. The van der Waals surface area contributed by atoms with E-state index in [2.05, 4.69) is 16.4 Å². The van der Waals surface area contributed by atoms with Crippen LogP contribution in [0.1, 0.15) is 18.0 Å². The average Bonchev–Trinajstić information content (AvgIpc) is 3.67. The Morgan fingerprint density at radius 1 is 1.05 bits per heavy atom. The van der Waals surface area contributed by atoms with E-state index in [1.54, 1.807) is 23.1 Å². The number of anilines is 2. The summed E-state index contributed by atoms with van der Waals surface area (Å²) in [6.07, 6.45) is 2.64. The highest BCUT2D eigenvalue weighted by Gasteiger charge is 2.40. The quantitative estimate of drug-likeness (QED) is 0.365. The third kappa shape index (κ3) is 3.58. The summed E-state index contributed by atoms with van der Waals surface area (Å²) in [5.74, 6) is 1.41. The minimum Gasteiger partial charge on any atom is -0.454 e. The summed E-state index contributed by atoms with van der Waals surface area (Å²) in [7, 11) is 0. The van der Waals surface area contributed by atoms with E-state index in [1.807, 2.05) is 53.2 Å². The molecule has 9 nitrogen and oxygen atoms in total. The van der Waals surface area contributed by atoms with Crippen LogP contribution in [0.5, 0.6) is 11.5 Å². The first-order chi connectivity index (χ1) is 18.2. The lowest BCUT2D eigenvalue weighted by Crippen LogP contribution is -2.33. The van der Waals surface area contributed by atoms with E-state index in [0.29, 0.717) is 36.1 Å². The summed E-state index contributed by atoms with van der Waals surface area (Å²) in [5, 5.41) is 4.04. The number of nitrogens with one attached hydrogen (secondary N) is 2. The second kappa shape index (κ2) is 8.41. The molecule has 5 aromatic rings. The van der Waals surface area contributed by atoms with Crippen molar-refractivity contribution in [2.75, 3.05) is 23.6 Å². The van der Waals surface area contributed by atoms with Crippen molar-refractivity contribution < 1.29 is 19.1 Å². The zero-order chi connectivity index (χ0) is 24.9. The van der Waals surface area contributed by atoms with Crippen molar-refractivity contribution in [1.29, 1.82) is 0 Å². The van der Waals surface area contributed by atoms with Gasteiger partial charge in [-0.1, -0.05) is 30.3 Å². The first-order valence-corrected chi connectivity index (χ1v) is 12.2. The molecule has 0 saturated heterocycles. The Kier molecular flexibility index (Phi) is 4.88. The first kappa shape index (κ1) is 21.5. The standard InChI is InChI=1S/C28H23N5O4/c34-26(30-18-9-10-24-25(13-18)37-16-36-24)14-23-27(35)32(28-31-21-7-3-4-8-22(21)33(23)28)12-11-17-15-29-20-6-2-1-5-19(17)20/h1-10,13,15,23,29H,11-12,14,16H2,(H,30,34). The number of carbonyl (C=O) groups excluding carboxylic acids is 2. The van der Waals surface area contributed by atoms with Gasteiger partial charge in [-0.3, -0.25) is 19.1 Å². The maximum absolute atomic E-state index is 13.7. The molecule has 0 fully saturated rings. The molecule has 0 saturated carbocycles. The predicted octanol–water partition coefficient (Wildman–Crippen LogP) is 4.41. The van der Waals surface area contributed by atoms with Gasteiger partial charge in [-0.2, -0.15) is 0 Å². The molecule has 2 aliphatic rings. The van der Waals surface area contributed by atoms with Gasteiger partial charge in [0.15, 0.2) is 11.5 Å². The molecule has 4 heterocycles. The van der Waals surface area contributed by atoms with E-state index < -0.39 is 6.04 Å². The summed E-state index contributed by atoms with van der Waals surface area (Å²) >= 11 is 0. The minimum atomic E-state index is -0.681. The molecule has 0 aliphatic carbocycles. The normalized spacial score (nSPS) is 16.1. The van der Waals surface area contributed by atoms with Gasteiger partial charge >= 0.3 is 0 Å². The number of para-hydroxylation sites is 3. The van der Waals surface area contributed by atoms with E-state index in [4.69, 9.17) is 14.5 Å². The maximum Gasteiger partial charge on any atom is 0.253 e. The third-order valence-corrected chi connectivity index (χ3v) is 7.00. The Hall–Kier alpha value is -4.79. The van der Waals surface area contributed by atoms with Crippen LogP contribution in [0.2, 0.25) is 0 Å². The maximum atomic E-state index is 13.7. The summed E-state index contributed by atoms with van der Waals surface area (Å²) in [4.78, 5) is 36.5. The van der Waals surface area contributed by atoms with Crippen LogP contribution in [-0.4, -0.2) is 39.7 Å². The van der Waals surface area contributed by atoms with Crippen molar-refractivity contribution >= 4 is 45.4 Å². The number of benzene rings is 3. The lowest BCUT2D eigenvalue weighted by molar-refractivity contribution is -0.124. The van der Waals surface area contributed by atoms with Crippen molar-refractivity contribution in [3.63, 3.8) is 0 Å². The first-order valence-electron chi connectivity index (χ1n) is 12.2. The summed E-state index contributed by atoms with van der Waals surface area (Å²) < 4.78 is 12.6. The van der Waals surface area contributed by atoms with Gasteiger partial charge < -0.3 is 19.8 Å². The van der Waals surface area contributed by atoms with E-state index in [1.165, 1.54) is 0 Å². The van der Waals surface area contributed by atoms with Crippen LogP contribution in [0.3, 0.4) is 0 Å². The monoisotopic (exact) mass is 493 g/mol. The number of hydrogen-bond donors (Lipinski definition) is 2. The van der Waals surface area contributed by atoms with Crippen molar-refractivity contribution in [2.24, 2.45) is 0 Å². The van der Waals surface area contributed by atoms with E-state index in [9.17, 15) is 9.59 Å². The zero-order valence-electron chi connectivity index (χ0n) is 19.8. The fourth-order valence-corrected chi connectivity index (χ4v) is 5.24. The summed E-state index contributed by atoms with van der Waals surface area (Å²) in [6, 6.07) is 20.4. The Labute approximate surface area is 211 Å². The van der Waals surface area contributed by atoms with Crippen LogP contribution in [0.15, 0.2) is 72.9 Å². The van der Waals surface area contributed by atoms with Gasteiger partial charge in [0.2, 0.25) is 18.6 Å². The molecular formula is C28H23N5O4. The minimum absolute atomic E-state index is 0.00971. The number of rotatable bonds is 6. The number of ether oxygens (including phenoxy) is 2. The van der Waals surface area contributed by atoms with Crippen molar-refractivity contribution in [1.82, 2.24) is 14.5 Å². The molecule has 37 heavy (non-hydrogen) atoms. The number of aromatic nitrogens is 3. The average molecular weight is 494 g/mol. The topological polar surface area (TPSA) is 101 Å². The lowest BCUT2D eigenvalue weighted by atomic mass is 10.1. The van der Waals surface area contributed by atoms with Crippen LogP contribution in [0.4, 0.5) is 11.6 Å². The Morgan fingerprint density at radius 2 is 1.89 bits per heavy atom. The SMILES string of the molecule is O=C(CC1C(=O)N(CCc2c[nH]c3ccccc23)c2nc3ccccc3n21)Nc1ccc2c(c1)OCO2. The van der Waals surface area contributed by atoms with E-state index in [-0.39, 0.29) is 25.0 Å². The smallest absolute Gasteiger partial charge is 0.253 e. The summed E-state index contributed by atoms with van der Waals surface area (Å²) in [6.45, 7) is 0.623. The Balaban J connectivity index is 1.16. The van der Waals surface area contributed by atoms with Gasteiger partial charge in [0.25, 0.3) is 5.91 Å². The molecule has 2 N–H and O–H groups in total. The van der Waals surface area contributed by atoms with Crippen molar-refractivity contribution in [3.8, 4) is 11.5 Å². The molecule has 3 aromatic carbocycles. The van der Waals surface area contributed by atoms with Gasteiger partial charge in [0.1, 0.15) is 6.04 Å². The molecule has 7 rings (SSSR count). The van der Waals surface area contributed by atoms with Gasteiger partial charge in [-0.05, 0) is 42.3 Å². The van der Waals surface area contributed by atoms with E-state index in [0.717, 1.165) is 27.5 Å². The number of amides is 2. The highest BCUT2D eigenvalue weighted by atomic mass is 16.7. The molecule has 184 valence electrons. The van der Waals surface area contributed by atoms with Crippen LogP contribution in [-0.2, 0) is 16.0 Å². The molecule has 1 atom stereocenters. The molecule has 0 spiro atoms. The Morgan fingerprint density at radius 3 is 2.84 bits per heavy atom. The van der Waals surface area contributed by atoms with Crippen molar-refractivity contribution in [3.05, 3.63) is 78.5 Å². The largest absolute Gasteiger partial charge is 0.454 e. The highest BCUT2D eigenvalue weighted by molar-refractivity contribution is 6.05.